The number of aryl methyl sites for hydroxylation is 2. The molecule has 4 rings (SSSR count). The third-order valence-electron chi connectivity index (χ3n) is 4.69. The Bertz CT molecular complexity index is 1320. The Hall–Kier alpha value is -2.13. The number of methoxy groups -OCH3 is 1. The monoisotopic (exact) mass is 506 g/mol. The van der Waals surface area contributed by atoms with Gasteiger partial charge in [0.2, 0.25) is 0 Å². The van der Waals surface area contributed by atoms with Crippen molar-refractivity contribution in [1.29, 1.82) is 0 Å². The first-order valence-electron chi connectivity index (χ1n) is 8.87. The molecule has 4 aromatic rings. The Morgan fingerprint density at radius 1 is 1.21 bits per heavy atom. The molecule has 0 bridgehead atoms. The highest BCUT2D eigenvalue weighted by atomic mass is 127. The maximum absolute atomic E-state index is 13.1. The van der Waals surface area contributed by atoms with Crippen LogP contribution in [0.3, 0.4) is 0 Å². The van der Waals surface area contributed by atoms with Crippen LogP contribution in [-0.2, 0) is 0 Å². The van der Waals surface area contributed by atoms with Crippen LogP contribution in [0.25, 0.3) is 22.1 Å². The van der Waals surface area contributed by atoms with E-state index in [1.807, 2.05) is 44.2 Å². The van der Waals surface area contributed by atoms with Gasteiger partial charge in [0, 0.05) is 0 Å². The highest BCUT2D eigenvalue weighted by Gasteiger charge is 2.14. The van der Waals surface area contributed by atoms with Crippen molar-refractivity contribution in [3.8, 4) is 11.5 Å². The van der Waals surface area contributed by atoms with Gasteiger partial charge in [0.1, 0.15) is 0 Å². The van der Waals surface area contributed by atoms with Gasteiger partial charge >= 0.3 is 0 Å². The first kappa shape index (κ1) is 19.2. The Balaban J connectivity index is 1.92. The number of imidazole rings is 1. The van der Waals surface area contributed by atoms with Crippen molar-refractivity contribution >= 4 is 56.0 Å². The van der Waals surface area contributed by atoms with E-state index in [-0.39, 0.29) is 5.56 Å². The van der Waals surface area contributed by atoms with Crippen molar-refractivity contribution in [1.82, 2.24) is 9.38 Å². The molecule has 0 aliphatic rings. The molecule has 2 aromatic carbocycles. The summed E-state index contributed by atoms with van der Waals surface area (Å²) in [7, 11) is 1.63. The van der Waals surface area contributed by atoms with Gasteiger partial charge in [-0.3, -0.25) is 4.79 Å². The number of nitrogens with zero attached hydrogens (tertiary/aromatic N) is 2. The van der Waals surface area contributed by atoms with Gasteiger partial charge in [0.05, 0.1) is 32.9 Å². The van der Waals surface area contributed by atoms with Gasteiger partial charge in [-0.2, -0.15) is 0 Å². The maximum Gasteiger partial charge on any atom is 0.274 e. The predicted molar refractivity (Wildman–Crippen MR) is 122 cm³/mol. The normalized spacial score (nSPS) is 12.2. The molecule has 0 fully saturated rings. The number of benzene rings is 2. The molecule has 0 amide bonds. The van der Waals surface area contributed by atoms with E-state index in [9.17, 15) is 4.79 Å². The predicted octanol–water partition coefficient (Wildman–Crippen LogP) is 4.09. The molecular weight excluding hydrogens is 487 g/mol. The minimum atomic E-state index is -0.0467. The molecule has 2 heterocycles. The van der Waals surface area contributed by atoms with Gasteiger partial charge in [-0.1, -0.05) is 11.3 Å². The van der Waals surface area contributed by atoms with Gasteiger partial charge in [-0.05, 0) is 90.4 Å². The van der Waals surface area contributed by atoms with Crippen LogP contribution in [-0.4, -0.2) is 23.1 Å². The SMILES string of the molecule is CCOc1cc(C=c2sc3nc4cc(C)c(C)cc4n3c2=O)cc(I)c1OC. The fourth-order valence-corrected chi connectivity index (χ4v) is 5.03. The molecule has 7 heteroatoms. The quantitative estimate of drug-likeness (QED) is 0.392. The van der Waals surface area contributed by atoms with E-state index >= 15 is 0 Å². The van der Waals surface area contributed by atoms with Gasteiger partial charge in [0.15, 0.2) is 16.5 Å². The zero-order valence-corrected chi connectivity index (χ0v) is 19.0. The van der Waals surface area contributed by atoms with Crippen molar-refractivity contribution in [3.63, 3.8) is 0 Å². The van der Waals surface area contributed by atoms with Crippen LogP contribution in [0, 0.1) is 17.4 Å². The summed E-state index contributed by atoms with van der Waals surface area (Å²) < 4.78 is 14.4. The van der Waals surface area contributed by atoms with Crippen LogP contribution >= 0.6 is 33.9 Å². The fourth-order valence-electron chi connectivity index (χ4n) is 3.20. The molecule has 0 N–H and O–H groups in total. The highest BCUT2D eigenvalue weighted by Crippen LogP contribution is 2.34. The summed E-state index contributed by atoms with van der Waals surface area (Å²) >= 11 is 3.62. The first-order valence-corrected chi connectivity index (χ1v) is 10.8. The summed E-state index contributed by atoms with van der Waals surface area (Å²) in [6, 6.07) is 7.95. The lowest BCUT2D eigenvalue weighted by Gasteiger charge is -2.11. The van der Waals surface area contributed by atoms with E-state index in [1.54, 1.807) is 11.5 Å². The van der Waals surface area contributed by atoms with Gasteiger partial charge < -0.3 is 9.47 Å². The number of halogens is 1. The van der Waals surface area contributed by atoms with E-state index in [1.165, 1.54) is 16.9 Å². The number of hydrogen-bond acceptors (Lipinski definition) is 5. The topological polar surface area (TPSA) is 52.8 Å². The summed E-state index contributed by atoms with van der Waals surface area (Å²) in [5, 5.41) is 0. The van der Waals surface area contributed by atoms with E-state index in [0.717, 1.165) is 25.7 Å². The molecular formula is C21H19IN2O3S. The van der Waals surface area contributed by atoms with E-state index in [2.05, 4.69) is 34.5 Å². The van der Waals surface area contributed by atoms with Crippen LogP contribution in [0.15, 0.2) is 29.1 Å². The Morgan fingerprint density at radius 2 is 1.96 bits per heavy atom. The molecule has 0 spiro atoms. The number of thiazole rings is 1. The summed E-state index contributed by atoms with van der Waals surface area (Å²) in [4.78, 5) is 18.4. The van der Waals surface area contributed by atoms with E-state index in [4.69, 9.17) is 9.47 Å². The van der Waals surface area contributed by atoms with E-state index < -0.39 is 0 Å². The lowest BCUT2D eigenvalue weighted by Crippen LogP contribution is -2.22. The summed E-state index contributed by atoms with van der Waals surface area (Å²) in [6.07, 6.45) is 1.89. The standard InChI is InChI=1S/C21H19IN2O3S/c1-5-27-17-9-13(8-14(22)19(17)26-4)10-18-20(25)24-16-7-12(3)11(2)6-15(16)23-21(24)28-18/h6-10H,5H2,1-4H3. The van der Waals surface area contributed by atoms with Crippen molar-refractivity contribution in [2.75, 3.05) is 13.7 Å². The zero-order chi connectivity index (χ0) is 20.0. The molecule has 5 nitrogen and oxygen atoms in total. The van der Waals surface area contributed by atoms with Crippen molar-refractivity contribution in [2.45, 2.75) is 20.8 Å². The second kappa shape index (κ2) is 7.36. The number of ether oxygens (including phenoxy) is 2. The molecule has 0 radical (unpaired) electrons. The third-order valence-corrected chi connectivity index (χ3v) is 6.46. The largest absolute Gasteiger partial charge is 0.492 e. The lowest BCUT2D eigenvalue weighted by atomic mass is 10.1. The third kappa shape index (κ3) is 3.16. The van der Waals surface area contributed by atoms with Crippen LogP contribution in [0.5, 0.6) is 11.5 Å². The highest BCUT2D eigenvalue weighted by molar-refractivity contribution is 14.1. The van der Waals surface area contributed by atoms with Crippen molar-refractivity contribution < 1.29 is 9.47 Å². The average Bonchev–Trinajstić information content (AvgIpc) is 3.12. The summed E-state index contributed by atoms with van der Waals surface area (Å²) in [5.41, 5.74) is 4.89. The maximum atomic E-state index is 13.1. The molecule has 28 heavy (non-hydrogen) atoms. The molecule has 0 saturated heterocycles. The molecule has 0 aliphatic heterocycles. The van der Waals surface area contributed by atoms with Crippen molar-refractivity contribution in [2.24, 2.45) is 0 Å². The fraction of sp³-hybridized carbons (Fsp3) is 0.238. The van der Waals surface area contributed by atoms with Crippen LogP contribution < -0.4 is 19.6 Å². The Morgan fingerprint density at radius 3 is 2.68 bits per heavy atom. The summed E-state index contributed by atoms with van der Waals surface area (Å²) in [6.45, 7) is 6.58. The first-order chi connectivity index (χ1) is 13.4. The number of hydrogen-bond donors (Lipinski definition) is 0. The van der Waals surface area contributed by atoms with Gasteiger partial charge in [-0.25, -0.2) is 9.38 Å². The summed E-state index contributed by atoms with van der Waals surface area (Å²) in [5.74, 6) is 1.38. The molecule has 0 saturated carbocycles. The van der Waals surface area contributed by atoms with Crippen molar-refractivity contribution in [3.05, 3.63) is 59.4 Å². The number of fused-ring (bicyclic) bond motifs is 3. The van der Waals surface area contributed by atoms with Crippen LogP contribution in [0.1, 0.15) is 23.6 Å². The second-order valence-corrected chi connectivity index (χ2v) is 8.71. The number of aromatic nitrogens is 2. The Labute approximate surface area is 179 Å². The number of rotatable bonds is 4. The van der Waals surface area contributed by atoms with E-state index in [0.29, 0.717) is 27.6 Å². The zero-order valence-electron chi connectivity index (χ0n) is 16.0. The van der Waals surface area contributed by atoms with Crippen LogP contribution in [0.2, 0.25) is 0 Å². The molecule has 2 aromatic heterocycles. The van der Waals surface area contributed by atoms with Gasteiger partial charge in [0.25, 0.3) is 5.56 Å². The smallest absolute Gasteiger partial charge is 0.274 e. The van der Waals surface area contributed by atoms with Crippen LogP contribution in [0.4, 0.5) is 0 Å². The average molecular weight is 506 g/mol. The molecule has 0 unspecified atom stereocenters. The second-order valence-electron chi connectivity index (χ2n) is 6.54. The van der Waals surface area contributed by atoms with Gasteiger partial charge in [-0.15, -0.1) is 0 Å². The Kier molecular flexibility index (Phi) is 5.05. The minimum absolute atomic E-state index is 0.0467. The molecule has 0 aliphatic carbocycles. The lowest BCUT2D eigenvalue weighted by molar-refractivity contribution is 0.309. The molecule has 144 valence electrons. The molecule has 0 atom stereocenters. The minimum Gasteiger partial charge on any atom is -0.492 e.